The average Bonchev–Trinajstić information content (AvgIpc) is 2.42. The Labute approximate surface area is 113 Å². The van der Waals surface area contributed by atoms with E-state index >= 15 is 0 Å². The largest absolute Gasteiger partial charge is 0.474 e. The van der Waals surface area contributed by atoms with Gasteiger partial charge in [0.1, 0.15) is 5.75 Å². The SMILES string of the molecule is CCCC1CCC1(N)C1Oc2ccccc2NS1. The molecule has 1 fully saturated rings. The molecule has 1 aliphatic heterocycles. The van der Waals surface area contributed by atoms with Gasteiger partial charge in [-0.2, -0.15) is 0 Å². The molecule has 3 atom stereocenters. The molecule has 1 aromatic rings. The van der Waals surface area contributed by atoms with Crippen molar-refractivity contribution in [2.75, 3.05) is 4.72 Å². The molecule has 1 aromatic carbocycles. The van der Waals surface area contributed by atoms with Crippen LogP contribution in [0.4, 0.5) is 5.69 Å². The van der Waals surface area contributed by atoms with Gasteiger partial charge >= 0.3 is 0 Å². The van der Waals surface area contributed by atoms with E-state index < -0.39 is 0 Å². The van der Waals surface area contributed by atoms with E-state index in [-0.39, 0.29) is 11.0 Å². The van der Waals surface area contributed by atoms with Gasteiger partial charge in [-0.3, -0.25) is 0 Å². The molecule has 0 amide bonds. The Kier molecular flexibility index (Phi) is 3.16. The van der Waals surface area contributed by atoms with Crippen LogP contribution in [0.5, 0.6) is 5.75 Å². The molecule has 3 N–H and O–H groups in total. The van der Waals surface area contributed by atoms with Crippen LogP contribution in [0.2, 0.25) is 0 Å². The molecule has 3 rings (SSSR count). The maximum absolute atomic E-state index is 6.58. The summed E-state index contributed by atoms with van der Waals surface area (Å²) in [5, 5.41) is 0. The zero-order valence-electron chi connectivity index (χ0n) is 10.7. The van der Waals surface area contributed by atoms with Crippen LogP contribution in [0, 0.1) is 5.92 Å². The zero-order chi connectivity index (χ0) is 12.6. The summed E-state index contributed by atoms with van der Waals surface area (Å²) in [7, 11) is 0. The fraction of sp³-hybridized carbons (Fsp3) is 0.571. The molecular weight excluding hydrogens is 244 g/mol. The summed E-state index contributed by atoms with van der Waals surface area (Å²) in [5.74, 6) is 1.53. The minimum atomic E-state index is -0.165. The van der Waals surface area contributed by atoms with Crippen molar-refractivity contribution in [3.8, 4) is 5.75 Å². The lowest BCUT2D eigenvalue weighted by Gasteiger charge is -2.51. The van der Waals surface area contributed by atoms with Crippen LogP contribution >= 0.6 is 11.9 Å². The lowest BCUT2D eigenvalue weighted by Crippen LogP contribution is -2.64. The summed E-state index contributed by atoms with van der Waals surface area (Å²) in [4.78, 5) is 0. The summed E-state index contributed by atoms with van der Waals surface area (Å²) < 4.78 is 9.45. The normalized spacial score (nSPS) is 33.9. The predicted octanol–water partition coefficient (Wildman–Crippen LogP) is 3.37. The maximum atomic E-state index is 6.58. The smallest absolute Gasteiger partial charge is 0.181 e. The Hall–Kier alpha value is -0.870. The number of nitrogens with two attached hydrogens (primary N) is 1. The zero-order valence-corrected chi connectivity index (χ0v) is 11.5. The van der Waals surface area contributed by atoms with Crippen LogP contribution in [0.1, 0.15) is 32.6 Å². The number of hydrogen-bond donors (Lipinski definition) is 2. The minimum Gasteiger partial charge on any atom is -0.474 e. The minimum absolute atomic E-state index is 0.0256. The highest BCUT2D eigenvalue weighted by molar-refractivity contribution is 8.01. The van der Waals surface area contributed by atoms with Crippen molar-refractivity contribution in [1.29, 1.82) is 0 Å². The first-order valence-corrected chi connectivity index (χ1v) is 7.58. The first-order valence-electron chi connectivity index (χ1n) is 6.70. The molecule has 0 bridgehead atoms. The van der Waals surface area contributed by atoms with Crippen LogP contribution in [-0.4, -0.2) is 11.0 Å². The third-order valence-corrected chi connectivity index (χ3v) is 5.25. The number of ether oxygens (including phenoxy) is 1. The summed E-state index contributed by atoms with van der Waals surface area (Å²) in [6, 6.07) is 8.05. The van der Waals surface area contributed by atoms with Crippen molar-refractivity contribution in [2.24, 2.45) is 11.7 Å². The van der Waals surface area contributed by atoms with Gasteiger partial charge in [-0.25, -0.2) is 0 Å². The molecule has 1 aliphatic carbocycles. The van der Waals surface area contributed by atoms with E-state index in [9.17, 15) is 0 Å². The Bertz CT molecular complexity index is 440. The quantitative estimate of drug-likeness (QED) is 0.822. The average molecular weight is 264 g/mol. The van der Waals surface area contributed by atoms with Crippen LogP contribution in [-0.2, 0) is 0 Å². The second-order valence-electron chi connectivity index (χ2n) is 5.30. The maximum Gasteiger partial charge on any atom is 0.181 e. The molecule has 0 spiro atoms. The third-order valence-electron chi connectivity index (χ3n) is 4.16. The highest BCUT2D eigenvalue weighted by atomic mass is 32.2. The Morgan fingerprint density at radius 2 is 2.33 bits per heavy atom. The van der Waals surface area contributed by atoms with Crippen molar-refractivity contribution in [1.82, 2.24) is 0 Å². The molecule has 3 nitrogen and oxygen atoms in total. The highest BCUT2D eigenvalue weighted by Gasteiger charge is 2.51. The fourth-order valence-electron chi connectivity index (χ4n) is 2.88. The second kappa shape index (κ2) is 4.67. The van der Waals surface area contributed by atoms with Gasteiger partial charge in [0.05, 0.1) is 11.2 Å². The monoisotopic (exact) mass is 264 g/mol. The number of nitrogens with one attached hydrogen (secondary N) is 1. The van der Waals surface area contributed by atoms with E-state index in [2.05, 4.69) is 11.6 Å². The lowest BCUT2D eigenvalue weighted by molar-refractivity contribution is 0.0411. The van der Waals surface area contributed by atoms with E-state index in [1.165, 1.54) is 19.3 Å². The number of benzene rings is 1. The fourth-order valence-corrected chi connectivity index (χ4v) is 3.97. The third kappa shape index (κ3) is 1.88. The summed E-state index contributed by atoms with van der Waals surface area (Å²) in [6.07, 6.45) is 4.72. The second-order valence-corrected chi connectivity index (χ2v) is 6.17. The molecule has 3 unspecified atom stereocenters. The molecule has 4 heteroatoms. The van der Waals surface area contributed by atoms with Gasteiger partial charge in [0, 0.05) is 0 Å². The van der Waals surface area contributed by atoms with E-state index in [4.69, 9.17) is 10.5 Å². The van der Waals surface area contributed by atoms with Crippen molar-refractivity contribution in [3.05, 3.63) is 24.3 Å². The molecular formula is C14H20N2OS. The van der Waals surface area contributed by atoms with Gasteiger partial charge in [0.25, 0.3) is 0 Å². The first kappa shape index (κ1) is 12.2. The highest BCUT2D eigenvalue weighted by Crippen LogP contribution is 2.48. The standard InChI is InChI=1S/C14H20N2OS/c1-2-5-10-8-9-14(10,15)13-17-12-7-4-3-6-11(12)16-18-13/h3-4,6-7,10,13,16H,2,5,8-9,15H2,1H3. The molecule has 98 valence electrons. The molecule has 0 radical (unpaired) electrons. The number of rotatable bonds is 3. The van der Waals surface area contributed by atoms with E-state index in [1.807, 2.05) is 24.3 Å². The van der Waals surface area contributed by atoms with Crippen LogP contribution in [0.15, 0.2) is 24.3 Å². The molecule has 18 heavy (non-hydrogen) atoms. The lowest BCUT2D eigenvalue weighted by atomic mass is 9.65. The summed E-state index contributed by atoms with van der Waals surface area (Å²) in [6.45, 7) is 2.22. The van der Waals surface area contributed by atoms with Gasteiger partial charge in [-0.05, 0) is 49.3 Å². The van der Waals surface area contributed by atoms with Gasteiger partial charge in [0.15, 0.2) is 5.44 Å². The number of anilines is 1. The number of para-hydroxylation sites is 2. The summed E-state index contributed by atoms with van der Waals surface area (Å²) in [5.41, 5.74) is 7.49. The van der Waals surface area contributed by atoms with Crippen molar-refractivity contribution >= 4 is 17.6 Å². The van der Waals surface area contributed by atoms with Gasteiger partial charge in [-0.15, -0.1) is 0 Å². The van der Waals surface area contributed by atoms with Crippen LogP contribution in [0.3, 0.4) is 0 Å². The Morgan fingerprint density at radius 3 is 3.06 bits per heavy atom. The van der Waals surface area contributed by atoms with E-state index in [0.29, 0.717) is 5.92 Å². The molecule has 2 aliphatic rings. The predicted molar refractivity (Wildman–Crippen MR) is 76.6 cm³/mol. The van der Waals surface area contributed by atoms with Gasteiger partial charge < -0.3 is 15.2 Å². The molecule has 1 saturated carbocycles. The van der Waals surface area contributed by atoms with Crippen LogP contribution < -0.4 is 15.2 Å². The summed E-state index contributed by atoms with van der Waals surface area (Å²) >= 11 is 1.62. The van der Waals surface area contributed by atoms with Crippen molar-refractivity contribution in [2.45, 2.75) is 43.6 Å². The molecule has 0 saturated heterocycles. The topological polar surface area (TPSA) is 47.3 Å². The van der Waals surface area contributed by atoms with E-state index in [1.54, 1.807) is 11.9 Å². The Morgan fingerprint density at radius 1 is 1.50 bits per heavy atom. The number of fused-ring (bicyclic) bond motifs is 1. The van der Waals surface area contributed by atoms with E-state index in [0.717, 1.165) is 17.9 Å². The first-order chi connectivity index (χ1) is 8.74. The molecule has 1 heterocycles. The van der Waals surface area contributed by atoms with Gasteiger partial charge in [0.2, 0.25) is 0 Å². The van der Waals surface area contributed by atoms with Crippen molar-refractivity contribution in [3.63, 3.8) is 0 Å². The van der Waals surface area contributed by atoms with Crippen molar-refractivity contribution < 1.29 is 4.74 Å². The van der Waals surface area contributed by atoms with Gasteiger partial charge in [-0.1, -0.05) is 25.5 Å². The molecule has 0 aromatic heterocycles. The van der Waals surface area contributed by atoms with Crippen LogP contribution in [0.25, 0.3) is 0 Å². The number of hydrogen-bond acceptors (Lipinski definition) is 4. The Balaban J connectivity index is 1.76.